The van der Waals surface area contributed by atoms with Crippen molar-refractivity contribution in [3.05, 3.63) is 12.8 Å². The van der Waals surface area contributed by atoms with Gasteiger partial charge < -0.3 is 10.6 Å². The Morgan fingerprint density at radius 3 is 2.89 bits per heavy atom. The first-order valence-corrected chi connectivity index (χ1v) is 2.92. The number of rotatable bonds is 4. The van der Waals surface area contributed by atoms with Crippen LogP contribution in [0.5, 0.6) is 0 Å². The van der Waals surface area contributed by atoms with Gasteiger partial charge in [0.2, 0.25) is 5.91 Å². The largest absolute Gasteiger partial charge is 0.383 e. The van der Waals surface area contributed by atoms with Crippen LogP contribution in [0.2, 0.25) is 0 Å². The number of hydrogen-bond donors (Lipinski definition) is 2. The van der Waals surface area contributed by atoms with Gasteiger partial charge in [0.25, 0.3) is 0 Å². The molecule has 0 radical (unpaired) electrons. The summed E-state index contributed by atoms with van der Waals surface area (Å²) >= 11 is 0. The van der Waals surface area contributed by atoms with Gasteiger partial charge in [-0.3, -0.25) is 4.79 Å². The van der Waals surface area contributed by atoms with Gasteiger partial charge in [-0.25, -0.2) is 0 Å². The van der Waals surface area contributed by atoms with Crippen LogP contribution in [0.25, 0.3) is 0 Å². The topological polar surface area (TPSA) is 41.1 Å². The lowest BCUT2D eigenvalue weighted by Crippen LogP contribution is -2.31. The second-order valence-corrected chi connectivity index (χ2v) is 1.54. The van der Waals surface area contributed by atoms with Gasteiger partial charge >= 0.3 is 0 Å². The van der Waals surface area contributed by atoms with E-state index in [0.717, 1.165) is 0 Å². The van der Waals surface area contributed by atoms with Crippen LogP contribution in [-0.4, -0.2) is 19.0 Å². The summed E-state index contributed by atoms with van der Waals surface area (Å²) in [5.74, 6) is -0.00241. The quantitative estimate of drug-likeness (QED) is 0.553. The second kappa shape index (κ2) is 5.15. The maximum Gasteiger partial charge on any atom is 0.239 e. The van der Waals surface area contributed by atoms with Crippen LogP contribution in [0.1, 0.15) is 6.92 Å². The molecule has 0 bridgehead atoms. The van der Waals surface area contributed by atoms with Crippen molar-refractivity contribution in [3.8, 4) is 0 Å². The summed E-state index contributed by atoms with van der Waals surface area (Å²) < 4.78 is 0. The molecule has 0 saturated heterocycles. The van der Waals surface area contributed by atoms with E-state index in [1.807, 2.05) is 6.92 Å². The molecule has 52 valence electrons. The minimum absolute atomic E-state index is 0.00241. The van der Waals surface area contributed by atoms with E-state index in [4.69, 9.17) is 0 Å². The van der Waals surface area contributed by atoms with E-state index in [2.05, 4.69) is 17.2 Å². The highest BCUT2D eigenvalue weighted by atomic mass is 16.1. The van der Waals surface area contributed by atoms with E-state index in [1.165, 1.54) is 6.20 Å². The van der Waals surface area contributed by atoms with E-state index in [1.54, 1.807) is 0 Å². The van der Waals surface area contributed by atoms with Gasteiger partial charge in [-0.1, -0.05) is 6.58 Å². The lowest BCUT2D eigenvalue weighted by molar-refractivity contribution is -0.119. The maximum atomic E-state index is 10.6. The lowest BCUT2D eigenvalue weighted by atomic mass is 10.5. The monoisotopic (exact) mass is 128 g/mol. The Morgan fingerprint density at radius 1 is 1.78 bits per heavy atom. The summed E-state index contributed by atoms with van der Waals surface area (Å²) in [5, 5.41) is 5.32. The minimum atomic E-state index is -0.00241. The smallest absolute Gasteiger partial charge is 0.239 e. The zero-order chi connectivity index (χ0) is 7.11. The van der Waals surface area contributed by atoms with Crippen LogP contribution in [-0.2, 0) is 4.79 Å². The van der Waals surface area contributed by atoms with Crippen LogP contribution in [0.4, 0.5) is 0 Å². The average molecular weight is 128 g/mol. The Bertz CT molecular complexity index is 101. The van der Waals surface area contributed by atoms with E-state index in [-0.39, 0.29) is 5.91 Å². The summed E-state index contributed by atoms with van der Waals surface area (Å²) in [6, 6.07) is 0. The third-order valence-electron chi connectivity index (χ3n) is 0.781. The molecule has 0 aromatic rings. The highest BCUT2D eigenvalue weighted by Gasteiger charge is 1.92. The van der Waals surface area contributed by atoms with Crippen LogP contribution in [0, 0.1) is 0 Å². The number of carbonyl (C=O) groups is 1. The highest BCUT2D eigenvalue weighted by Crippen LogP contribution is 1.61. The molecular weight excluding hydrogens is 116 g/mol. The van der Waals surface area contributed by atoms with Crippen molar-refractivity contribution in [3.63, 3.8) is 0 Å². The van der Waals surface area contributed by atoms with Crippen LogP contribution < -0.4 is 10.6 Å². The molecule has 0 atom stereocenters. The molecule has 0 rings (SSSR count). The third kappa shape index (κ3) is 4.87. The number of carbonyl (C=O) groups excluding carboxylic acids is 1. The molecule has 0 aliphatic heterocycles. The molecule has 1 amide bonds. The van der Waals surface area contributed by atoms with E-state index < -0.39 is 0 Å². The SMILES string of the molecule is C=CNCC(=O)NCC. The first-order chi connectivity index (χ1) is 4.31. The van der Waals surface area contributed by atoms with E-state index in [0.29, 0.717) is 13.1 Å². The Labute approximate surface area is 55.1 Å². The Balaban J connectivity index is 3.16. The van der Waals surface area contributed by atoms with Crippen molar-refractivity contribution in [1.82, 2.24) is 10.6 Å². The Hall–Kier alpha value is -0.990. The minimum Gasteiger partial charge on any atom is -0.383 e. The number of likely N-dealkylation sites (N-methyl/N-ethyl adjacent to an activating group) is 1. The van der Waals surface area contributed by atoms with Gasteiger partial charge in [-0.2, -0.15) is 0 Å². The molecule has 0 spiro atoms. The lowest BCUT2D eigenvalue weighted by Gasteiger charge is -1.99. The predicted octanol–water partition coefficient (Wildman–Crippen LogP) is -0.144. The number of nitrogens with one attached hydrogen (secondary N) is 2. The maximum absolute atomic E-state index is 10.6. The first kappa shape index (κ1) is 8.01. The van der Waals surface area contributed by atoms with Crippen LogP contribution >= 0.6 is 0 Å². The van der Waals surface area contributed by atoms with Gasteiger partial charge in [0.1, 0.15) is 0 Å². The summed E-state index contributed by atoms with van der Waals surface area (Å²) in [7, 11) is 0. The predicted molar refractivity (Wildman–Crippen MR) is 36.9 cm³/mol. The van der Waals surface area contributed by atoms with Crippen molar-refractivity contribution in [1.29, 1.82) is 0 Å². The third-order valence-corrected chi connectivity index (χ3v) is 0.781. The molecule has 0 heterocycles. The number of amides is 1. The molecule has 0 unspecified atom stereocenters. The molecule has 0 aromatic heterocycles. The van der Waals surface area contributed by atoms with Crippen molar-refractivity contribution in [2.75, 3.05) is 13.1 Å². The van der Waals surface area contributed by atoms with Crippen molar-refractivity contribution < 1.29 is 4.79 Å². The standard InChI is InChI=1S/C6H12N2O/c1-3-7-5-6(9)8-4-2/h3,7H,1,4-5H2,2H3,(H,8,9). The second-order valence-electron chi connectivity index (χ2n) is 1.54. The van der Waals surface area contributed by atoms with E-state index >= 15 is 0 Å². The van der Waals surface area contributed by atoms with Gasteiger partial charge in [0, 0.05) is 6.54 Å². The Kier molecular flexibility index (Phi) is 4.59. The van der Waals surface area contributed by atoms with Gasteiger partial charge in [-0.05, 0) is 13.1 Å². The van der Waals surface area contributed by atoms with Crippen molar-refractivity contribution >= 4 is 5.91 Å². The van der Waals surface area contributed by atoms with Gasteiger partial charge in [0.15, 0.2) is 0 Å². The fourth-order valence-electron chi connectivity index (χ4n) is 0.425. The first-order valence-electron chi connectivity index (χ1n) is 2.92. The van der Waals surface area contributed by atoms with Gasteiger partial charge in [0.05, 0.1) is 6.54 Å². The fraction of sp³-hybridized carbons (Fsp3) is 0.500. The molecule has 2 N–H and O–H groups in total. The Morgan fingerprint density at radius 2 is 2.44 bits per heavy atom. The number of hydrogen-bond acceptors (Lipinski definition) is 2. The molecule has 3 nitrogen and oxygen atoms in total. The average Bonchev–Trinajstić information content (AvgIpc) is 1.85. The molecule has 0 aliphatic rings. The van der Waals surface area contributed by atoms with Gasteiger partial charge in [-0.15, -0.1) is 0 Å². The molecule has 0 saturated carbocycles. The van der Waals surface area contributed by atoms with Crippen LogP contribution in [0.15, 0.2) is 12.8 Å². The molecular formula is C6H12N2O. The zero-order valence-corrected chi connectivity index (χ0v) is 5.61. The summed E-state index contributed by atoms with van der Waals surface area (Å²) in [6.45, 7) is 6.28. The summed E-state index contributed by atoms with van der Waals surface area (Å²) in [5.41, 5.74) is 0. The zero-order valence-electron chi connectivity index (χ0n) is 5.61. The molecule has 0 fully saturated rings. The molecule has 9 heavy (non-hydrogen) atoms. The van der Waals surface area contributed by atoms with E-state index in [9.17, 15) is 4.79 Å². The summed E-state index contributed by atoms with van der Waals surface area (Å²) in [6.07, 6.45) is 1.50. The molecule has 3 heteroatoms. The van der Waals surface area contributed by atoms with Crippen molar-refractivity contribution in [2.24, 2.45) is 0 Å². The summed E-state index contributed by atoms with van der Waals surface area (Å²) in [4.78, 5) is 10.6. The highest BCUT2D eigenvalue weighted by molar-refractivity contribution is 5.77. The molecule has 0 aromatic carbocycles. The normalized spacial score (nSPS) is 8.11. The van der Waals surface area contributed by atoms with Crippen molar-refractivity contribution in [2.45, 2.75) is 6.92 Å². The fourth-order valence-corrected chi connectivity index (χ4v) is 0.425. The molecule has 0 aliphatic carbocycles. The van der Waals surface area contributed by atoms with Crippen LogP contribution in [0.3, 0.4) is 0 Å².